The standard InChI is InChI=1S/C33H25N3/c1-33(2)26-16-10-9-15-25(26)31-27(33)18-20-29(34-31)32-35-28-19-17-23(22-11-5-3-6-12-22)21-30(28)36(32)24-13-7-4-8-14-24/h3-21H,1-2H3. The van der Waals surface area contributed by atoms with Crippen molar-refractivity contribution in [3.8, 4) is 39.6 Å². The lowest BCUT2D eigenvalue weighted by atomic mass is 9.83. The minimum Gasteiger partial charge on any atom is -0.291 e. The molecule has 36 heavy (non-hydrogen) atoms. The topological polar surface area (TPSA) is 30.7 Å². The zero-order valence-corrected chi connectivity index (χ0v) is 20.3. The van der Waals surface area contributed by atoms with Gasteiger partial charge in [0.25, 0.3) is 0 Å². The first kappa shape index (κ1) is 20.8. The number of pyridine rings is 1. The molecule has 0 fully saturated rings. The van der Waals surface area contributed by atoms with E-state index in [4.69, 9.17) is 9.97 Å². The molecule has 1 aliphatic carbocycles. The molecule has 2 aromatic heterocycles. The van der Waals surface area contributed by atoms with Crippen LogP contribution in [-0.2, 0) is 5.41 Å². The van der Waals surface area contributed by atoms with Crippen LogP contribution in [-0.4, -0.2) is 14.5 Å². The molecular formula is C33H25N3. The molecule has 0 saturated carbocycles. The third-order valence-electron chi connectivity index (χ3n) is 7.43. The van der Waals surface area contributed by atoms with Crippen LogP contribution in [0.15, 0.2) is 115 Å². The molecule has 0 aliphatic heterocycles. The van der Waals surface area contributed by atoms with Crippen molar-refractivity contribution in [3.05, 3.63) is 126 Å². The van der Waals surface area contributed by atoms with Crippen LogP contribution in [0, 0.1) is 0 Å². The first-order valence-electron chi connectivity index (χ1n) is 12.4. The van der Waals surface area contributed by atoms with Gasteiger partial charge in [-0.1, -0.05) is 98.8 Å². The van der Waals surface area contributed by atoms with Crippen molar-refractivity contribution in [3.63, 3.8) is 0 Å². The molecule has 0 amide bonds. The molecule has 3 heteroatoms. The maximum absolute atomic E-state index is 5.24. The van der Waals surface area contributed by atoms with Crippen LogP contribution in [0.4, 0.5) is 0 Å². The fourth-order valence-corrected chi connectivity index (χ4v) is 5.57. The van der Waals surface area contributed by atoms with Gasteiger partial charge in [-0.15, -0.1) is 0 Å². The smallest absolute Gasteiger partial charge is 0.164 e. The van der Waals surface area contributed by atoms with E-state index in [1.807, 2.05) is 12.1 Å². The number of benzene rings is 4. The van der Waals surface area contributed by atoms with Gasteiger partial charge in [-0.05, 0) is 52.6 Å². The maximum atomic E-state index is 5.24. The van der Waals surface area contributed by atoms with E-state index in [1.165, 1.54) is 27.8 Å². The molecule has 2 heterocycles. The van der Waals surface area contributed by atoms with E-state index in [0.717, 1.165) is 33.9 Å². The van der Waals surface area contributed by atoms with Crippen molar-refractivity contribution in [2.45, 2.75) is 19.3 Å². The molecular weight excluding hydrogens is 438 g/mol. The summed E-state index contributed by atoms with van der Waals surface area (Å²) >= 11 is 0. The summed E-state index contributed by atoms with van der Waals surface area (Å²) in [6.07, 6.45) is 0. The van der Waals surface area contributed by atoms with Crippen LogP contribution in [0.2, 0.25) is 0 Å². The molecule has 4 aromatic carbocycles. The quantitative estimate of drug-likeness (QED) is 0.266. The number of rotatable bonds is 3. The Balaban J connectivity index is 1.48. The molecule has 3 nitrogen and oxygen atoms in total. The van der Waals surface area contributed by atoms with Crippen molar-refractivity contribution in [1.29, 1.82) is 0 Å². The van der Waals surface area contributed by atoms with E-state index in [2.05, 4.69) is 122 Å². The third kappa shape index (κ3) is 3.06. The number of hydrogen-bond acceptors (Lipinski definition) is 2. The first-order chi connectivity index (χ1) is 17.6. The van der Waals surface area contributed by atoms with Crippen LogP contribution in [0.1, 0.15) is 25.0 Å². The minimum atomic E-state index is -0.0678. The summed E-state index contributed by atoms with van der Waals surface area (Å²) in [5.41, 5.74) is 11.1. The summed E-state index contributed by atoms with van der Waals surface area (Å²) in [5.74, 6) is 0.853. The van der Waals surface area contributed by atoms with Crippen molar-refractivity contribution in [2.75, 3.05) is 0 Å². The lowest BCUT2D eigenvalue weighted by Gasteiger charge is -2.20. The summed E-state index contributed by atoms with van der Waals surface area (Å²) in [7, 11) is 0. The van der Waals surface area contributed by atoms with Crippen LogP contribution >= 0.6 is 0 Å². The summed E-state index contributed by atoms with van der Waals surface area (Å²) in [4.78, 5) is 10.4. The lowest BCUT2D eigenvalue weighted by molar-refractivity contribution is 0.659. The zero-order chi connectivity index (χ0) is 24.3. The number of para-hydroxylation sites is 1. The Hall–Kier alpha value is -4.50. The Bertz CT molecular complexity index is 1750. The second kappa shape index (κ2) is 7.76. The molecule has 0 N–H and O–H groups in total. The van der Waals surface area contributed by atoms with Crippen LogP contribution in [0.3, 0.4) is 0 Å². The molecule has 0 saturated heterocycles. The predicted octanol–water partition coefficient (Wildman–Crippen LogP) is 8.06. The zero-order valence-electron chi connectivity index (χ0n) is 20.3. The second-order valence-electron chi connectivity index (χ2n) is 9.94. The van der Waals surface area contributed by atoms with E-state index < -0.39 is 0 Å². The van der Waals surface area contributed by atoms with Crippen molar-refractivity contribution >= 4 is 11.0 Å². The third-order valence-corrected chi connectivity index (χ3v) is 7.43. The van der Waals surface area contributed by atoms with Gasteiger partial charge in [0.05, 0.1) is 16.7 Å². The van der Waals surface area contributed by atoms with Crippen molar-refractivity contribution in [1.82, 2.24) is 14.5 Å². The summed E-state index contributed by atoms with van der Waals surface area (Å²) in [5, 5.41) is 0. The van der Waals surface area contributed by atoms with E-state index in [0.29, 0.717) is 0 Å². The summed E-state index contributed by atoms with van der Waals surface area (Å²) in [6, 6.07) is 40.4. The number of hydrogen-bond donors (Lipinski definition) is 0. The highest BCUT2D eigenvalue weighted by molar-refractivity contribution is 5.88. The van der Waals surface area contributed by atoms with Gasteiger partial charge in [-0.2, -0.15) is 0 Å². The number of nitrogens with zero attached hydrogens (tertiary/aromatic N) is 3. The molecule has 0 bridgehead atoms. The fourth-order valence-electron chi connectivity index (χ4n) is 5.57. The van der Waals surface area contributed by atoms with Crippen molar-refractivity contribution in [2.24, 2.45) is 0 Å². The molecule has 0 atom stereocenters. The van der Waals surface area contributed by atoms with Gasteiger partial charge < -0.3 is 0 Å². The molecule has 0 radical (unpaired) electrons. The normalized spacial score (nSPS) is 13.5. The summed E-state index contributed by atoms with van der Waals surface area (Å²) in [6.45, 7) is 4.56. The Labute approximate surface area is 210 Å². The molecule has 7 rings (SSSR count). The van der Waals surface area contributed by atoms with Crippen LogP contribution in [0.25, 0.3) is 50.6 Å². The molecule has 172 valence electrons. The minimum absolute atomic E-state index is 0.0678. The van der Waals surface area contributed by atoms with Gasteiger partial charge in [-0.25, -0.2) is 9.97 Å². The highest BCUT2D eigenvalue weighted by Crippen LogP contribution is 2.48. The fraction of sp³-hybridized carbons (Fsp3) is 0.0909. The number of fused-ring (bicyclic) bond motifs is 4. The van der Waals surface area contributed by atoms with E-state index in [9.17, 15) is 0 Å². The van der Waals surface area contributed by atoms with E-state index >= 15 is 0 Å². The average Bonchev–Trinajstić information content (AvgIpc) is 3.42. The number of imidazole rings is 1. The van der Waals surface area contributed by atoms with E-state index in [-0.39, 0.29) is 5.41 Å². The predicted molar refractivity (Wildman–Crippen MR) is 147 cm³/mol. The first-order valence-corrected chi connectivity index (χ1v) is 12.4. The van der Waals surface area contributed by atoms with E-state index in [1.54, 1.807) is 0 Å². The number of aromatic nitrogens is 3. The lowest BCUT2D eigenvalue weighted by Crippen LogP contribution is -2.15. The van der Waals surface area contributed by atoms with Crippen LogP contribution in [0.5, 0.6) is 0 Å². The largest absolute Gasteiger partial charge is 0.291 e. The second-order valence-corrected chi connectivity index (χ2v) is 9.94. The van der Waals surface area contributed by atoms with Crippen molar-refractivity contribution < 1.29 is 0 Å². The highest BCUT2D eigenvalue weighted by Gasteiger charge is 2.36. The van der Waals surface area contributed by atoms with Gasteiger partial charge >= 0.3 is 0 Å². The summed E-state index contributed by atoms with van der Waals surface area (Å²) < 4.78 is 2.24. The Morgan fingerprint density at radius 2 is 1.33 bits per heavy atom. The van der Waals surface area contributed by atoms with Gasteiger partial charge in [-0.3, -0.25) is 4.57 Å². The maximum Gasteiger partial charge on any atom is 0.164 e. The SMILES string of the molecule is CC1(C)c2ccccc2-c2nc(-c3nc4ccc(-c5ccccc5)cc4n3-c3ccccc3)ccc21. The monoisotopic (exact) mass is 463 g/mol. The van der Waals surface area contributed by atoms with Gasteiger partial charge in [0.2, 0.25) is 0 Å². The van der Waals surface area contributed by atoms with Gasteiger partial charge in [0.15, 0.2) is 5.82 Å². The molecule has 1 aliphatic rings. The Morgan fingerprint density at radius 3 is 2.14 bits per heavy atom. The molecule has 0 spiro atoms. The van der Waals surface area contributed by atoms with Gasteiger partial charge in [0.1, 0.15) is 5.69 Å². The molecule has 6 aromatic rings. The highest BCUT2D eigenvalue weighted by atomic mass is 15.1. The van der Waals surface area contributed by atoms with Crippen LogP contribution < -0.4 is 0 Å². The molecule has 0 unspecified atom stereocenters. The average molecular weight is 464 g/mol. The Kier molecular flexibility index (Phi) is 4.49. The Morgan fingerprint density at radius 1 is 0.611 bits per heavy atom. The van der Waals surface area contributed by atoms with Gasteiger partial charge in [0, 0.05) is 16.7 Å².